The number of rotatable bonds is 9. The number of carbonyl (C=O) groups is 2. The van der Waals surface area contributed by atoms with Gasteiger partial charge in [0.05, 0.1) is 11.3 Å². The third kappa shape index (κ3) is 5.64. The predicted octanol–water partition coefficient (Wildman–Crippen LogP) is 4.57. The number of hydrogen-bond acceptors (Lipinski definition) is 6. The van der Waals surface area contributed by atoms with Gasteiger partial charge in [0.25, 0.3) is 0 Å². The Kier molecular flexibility index (Phi) is 7.47. The Morgan fingerprint density at radius 2 is 1.91 bits per heavy atom. The molecule has 1 aromatic heterocycles. The molecule has 2 aromatic carbocycles. The van der Waals surface area contributed by atoms with E-state index in [-0.39, 0.29) is 29.0 Å². The summed E-state index contributed by atoms with van der Waals surface area (Å²) in [7, 11) is 0. The van der Waals surface area contributed by atoms with Crippen molar-refractivity contribution >= 4 is 29.3 Å². The summed E-state index contributed by atoms with van der Waals surface area (Å²) < 4.78 is 21.5. The quantitative estimate of drug-likeness (QED) is 0.453. The van der Waals surface area contributed by atoms with Gasteiger partial charge in [0.1, 0.15) is 0 Å². The molecular weight excluding hydrogens is 435 g/mol. The zero-order valence-electron chi connectivity index (χ0n) is 17.8. The van der Waals surface area contributed by atoms with Crippen LogP contribution in [0.2, 0.25) is 0 Å². The molecule has 3 aromatic rings. The SMILES string of the molecule is CC(Oc1ccccc1F)c1nnc(SCC(=O)Nc2cccc(C(=O)O)c2)n1C(C)C. The number of carbonyl (C=O) groups excluding carboxylic acids is 1. The fraction of sp³-hybridized carbons (Fsp3) is 0.273. The molecule has 0 saturated carbocycles. The lowest BCUT2D eigenvalue weighted by Crippen LogP contribution is -2.17. The second kappa shape index (κ2) is 10.3. The maximum Gasteiger partial charge on any atom is 0.335 e. The summed E-state index contributed by atoms with van der Waals surface area (Å²) in [6, 6.07) is 12.1. The first-order chi connectivity index (χ1) is 15.3. The van der Waals surface area contributed by atoms with Gasteiger partial charge in [-0.1, -0.05) is 30.0 Å². The van der Waals surface area contributed by atoms with Gasteiger partial charge in [-0.2, -0.15) is 0 Å². The number of nitrogens with one attached hydrogen (secondary N) is 1. The fourth-order valence-electron chi connectivity index (χ4n) is 2.99. The minimum Gasteiger partial charge on any atom is -0.480 e. The zero-order valence-corrected chi connectivity index (χ0v) is 18.6. The Labute approximate surface area is 188 Å². The van der Waals surface area contributed by atoms with Gasteiger partial charge >= 0.3 is 5.97 Å². The molecule has 0 saturated heterocycles. The molecule has 0 aliphatic rings. The number of aromatic carboxylic acids is 1. The van der Waals surface area contributed by atoms with Crippen LogP contribution in [0.25, 0.3) is 0 Å². The summed E-state index contributed by atoms with van der Waals surface area (Å²) in [6.07, 6.45) is -0.566. The Morgan fingerprint density at radius 3 is 2.59 bits per heavy atom. The summed E-state index contributed by atoms with van der Waals surface area (Å²) in [5.41, 5.74) is 0.483. The van der Waals surface area contributed by atoms with Crippen LogP contribution < -0.4 is 10.1 Å². The van der Waals surface area contributed by atoms with Crippen LogP contribution in [-0.4, -0.2) is 37.5 Å². The molecule has 10 heteroatoms. The molecule has 1 amide bonds. The normalized spacial score (nSPS) is 11.9. The van der Waals surface area contributed by atoms with E-state index in [1.807, 2.05) is 18.4 Å². The Balaban J connectivity index is 1.69. The van der Waals surface area contributed by atoms with Crippen LogP contribution in [0.3, 0.4) is 0 Å². The summed E-state index contributed by atoms with van der Waals surface area (Å²) in [5, 5.41) is 20.7. The first kappa shape index (κ1) is 23.3. The molecule has 0 aliphatic heterocycles. The fourth-order valence-corrected chi connectivity index (χ4v) is 3.86. The van der Waals surface area contributed by atoms with E-state index in [0.29, 0.717) is 16.7 Å². The number of thioether (sulfide) groups is 1. The standard InChI is InChI=1S/C22H23FN4O4S/c1-13(2)27-20(14(3)31-18-10-5-4-9-17(18)23)25-26-22(27)32-12-19(28)24-16-8-6-7-15(11-16)21(29)30/h4-11,13-14H,12H2,1-3H3,(H,24,28)(H,29,30). The monoisotopic (exact) mass is 458 g/mol. The van der Waals surface area contributed by atoms with E-state index < -0.39 is 17.9 Å². The predicted molar refractivity (Wildman–Crippen MR) is 119 cm³/mol. The van der Waals surface area contributed by atoms with Gasteiger partial charge in [-0.3, -0.25) is 4.79 Å². The molecule has 0 spiro atoms. The van der Waals surface area contributed by atoms with Crippen molar-refractivity contribution in [3.8, 4) is 5.75 Å². The van der Waals surface area contributed by atoms with Crippen molar-refractivity contribution in [3.05, 3.63) is 65.7 Å². The lowest BCUT2D eigenvalue weighted by atomic mass is 10.2. The van der Waals surface area contributed by atoms with Gasteiger partial charge in [0.15, 0.2) is 28.7 Å². The van der Waals surface area contributed by atoms with Crippen LogP contribution in [0.4, 0.5) is 10.1 Å². The average molecular weight is 459 g/mol. The molecular formula is C22H23FN4O4S. The maximum atomic E-state index is 13.9. The number of halogens is 1. The molecule has 1 unspecified atom stereocenters. The number of carboxylic acids is 1. The Morgan fingerprint density at radius 1 is 1.16 bits per heavy atom. The van der Waals surface area contributed by atoms with Crippen LogP contribution in [0.5, 0.6) is 5.75 Å². The highest BCUT2D eigenvalue weighted by Gasteiger charge is 2.23. The van der Waals surface area contributed by atoms with Gasteiger partial charge < -0.3 is 19.7 Å². The smallest absolute Gasteiger partial charge is 0.335 e. The number of aromatic nitrogens is 3. The largest absolute Gasteiger partial charge is 0.480 e. The van der Waals surface area contributed by atoms with Crippen molar-refractivity contribution in [1.29, 1.82) is 0 Å². The zero-order chi connectivity index (χ0) is 23.3. The van der Waals surface area contributed by atoms with Crippen molar-refractivity contribution in [3.63, 3.8) is 0 Å². The van der Waals surface area contributed by atoms with Gasteiger partial charge in [-0.05, 0) is 51.1 Å². The second-order valence-corrected chi connectivity index (χ2v) is 8.16. The molecule has 1 heterocycles. The minimum absolute atomic E-state index is 0.0236. The van der Waals surface area contributed by atoms with Crippen molar-refractivity contribution in [1.82, 2.24) is 14.8 Å². The van der Waals surface area contributed by atoms with Crippen LogP contribution in [-0.2, 0) is 4.79 Å². The minimum atomic E-state index is -1.07. The van der Waals surface area contributed by atoms with E-state index in [2.05, 4.69) is 15.5 Å². The molecule has 3 rings (SSSR count). The number of para-hydroxylation sites is 1. The number of amides is 1. The van der Waals surface area contributed by atoms with E-state index in [1.54, 1.807) is 37.3 Å². The topological polar surface area (TPSA) is 106 Å². The molecule has 2 N–H and O–H groups in total. The Hall–Kier alpha value is -3.40. The number of ether oxygens (including phenoxy) is 1. The highest BCUT2D eigenvalue weighted by atomic mass is 32.2. The molecule has 1 atom stereocenters. The summed E-state index contributed by atoms with van der Waals surface area (Å²) in [6.45, 7) is 5.65. The van der Waals surface area contributed by atoms with Crippen LogP contribution in [0.15, 0.2) is 53.7 Å². The molecule has 8 nitrogen and oxygen atoms in total. The summed E-state index contributed by atoms with van der Waals surface area (Å²) >= 11 is 1.19. The van der Waals surface area contributed by atoms with Crippen molar-refractivity contribution in [2.24, 2.45) is 0 Å². The van der Waals surface area contributed by atoms with Gasteiger partial charge in [-0.15, -0.1) is 10.2 Å². The van der Waals surface area contributed by atoms with E-state index in [0.717, 1.165) is 0 Å². The highest BCUT2D eigenvalue weighted by molar-refractivity contribution is 7.99. The number of benzene rings is 2. The second-order valence-electron chi connectivity index (χ2n) is 7.22. The third-order valence-corrected chi connectivity index (χ3v) is 5.38. The average Bonchev–Trinajstić information content (AvgIpc) is 3.18. The van der Waals surface area contributed by atoms with Crippen molar-refractivity contribution in [2.75, 3.05) is 11.1 Å². The van der Waals surface area contributed by atoms with E-state index in [1.165, 1.54) is 30.0 Å². The summed E-state index contributed by atoms with van der Waals surface area (Å²) in [4.78, 5) is 23.4. The Bertz CT molecular complexity index is 1120. The maximum absolute atomic E-state index is 13.9. The molecule has 32 heavy (non-hydrogen) atoms. The van der Waals surface area contributed by atoms with Gasteiger partial charge in [0, 0.05) is 11.7 Å². The number of nitrogens with zero attached hydrogens (tertiary/aromatic N) is 3. The molecule has 0 aliphatic carbocycles. The molecule has 0 bridgehead atoms. The van der Waals surface area contributed by atoms with Gasteiger partial charge in [0.2, 0.25) is 5.91 Å². The summed E-state index contributed by atoms with van der Waals surface area (Å²) in [5.74, 6) is -1.16. The first-order valence-electron chi connectivity index (χ1n) is 9.88. The van der Waals surface area contributed by atoms with Crippen LogP contribution in [0, 0.1) is 5.82 Å². The van der Waals surface area contributed by atoms with Gasteiger partial charge in [-0.25, -0.2) is 9.18 Å². The third-order valence-electron chi connectivity index (χ3n) is 4.44. The van der Waals surface area contributed by atoms with E-state index in [9.17, 15) is 14.0 Å². The number of carboxylic acid groups (broad SMARTS) is 1. The lowest BCUT2D eigenvalue weighted by molar-refractivity contribution is -0.113. The van der Waals surface area contributed by atoms with E-state index in [4.69, 9.17) is 9.84 Å². The number of hydrogen-bond donors (Lipinski definition) is 2. The first-order valence-corrected chi connectivity index (χ1v) is 10.9. The highest BCUT2D eigenvalue weighted by Crippen LogP contribution is 2.28. The molecule has 168 valence electrons. The molecule has 0 radical (unpaired) electrons. The van der Waals surface area contributed by atoms with Crippen molar-refractivity contribution < 1.29 is 23.8 Å². The van der Waals surface area contributed by atoms with Crippen molar-refractivity contribution in [2.45, 2.75) is 38.1 Å². The lowest BCUT2D eigenvalue weighted by Gasteiger charge is -2.19. The van der Waals surface area contributed by atoms with E-state index >= 15 is 0 Å². The molecule has 0 fully saturated rings. The van der Waals surface area contributed by atoms with Crippen LogP contribution >= 0.6 is 11.8 Å². The number of anilines is 1. The van der Waals surface area contributed by atoms with Crippen LogP contribution in [0.1, 0.15) is 49.1 Å².